The van der Waals surface area contributed by atoms with Gasteiger partial charge in [0.25, 0.3) is 0 Å². The van der Waals surface area contributed by atoms with Gasteiger partial charge in [-0.25, -0.2) is 4.39 Å². The molecule has 180 valence electrons. The van der Waals surface area contributed by atoms with Gasteiger partial charge in [-0.15, -0.1) is 0 Å². The van der Waals surface area contributed by atoms with Crippen molar-refractivity contribution in [3.63, 3.8) is 0 Å². The third-order valence-electron chi connectivity index (χ3n) is 6.72. The molecule has 0 aliphatic carbocycles. The number of methoxy groups -OCH3 is 1. The van der Waals surface area contributed by atoms with Crippen molar-refractivity contribution in [2.24, 2.45) is 5.92 Å². The first-order chi connectivity index (χ1) is 16.7. The Balaban J connectivity index is 1.64. The summed E-state index contributed by atoms with van der Waals surface area (Å²) in [6, 6.07) is 17.0. The number of halogens is 1. The average molecular weight is 492 g/mol. The minimum absolute atomic E-state index is 0.222. The number of nitrogens with zero attached hydrogens (tertiary/aromatic N) is 1. The van der Waals surface area contributed by atoms with Gasteiger partial charge in [-0.1, -0.05) is 29.8 Å². The zero-order valence-corrected chi connectivity index (χ0v) is 20.7. The van der Waals surface area contributed by atoms with Crippen LogP contribution in [0.4, 0.5) is 15.8 Å². The van der Waals surface area contributed by atoms with E-state index in [2.05, 4.69) is 10.6 Å². The first-order valence-electron chi connectivity index (χ1n) is 11.3. The highest BCUT2D eigenvalue weighted by atomic mass is 32.1. The van der Waals surface area contributed by atoms with Crippen LogP contribution in [0.15, 0.2) is 60.7 Å². The molecular weight excluding hydrogens is 465 g/mol. The summed E-state index contributed by atoms with van der Waals surface area (Å²) in [4.78, 5) is 15.7. The number of para-hydroxylation sites is 1. The van der Waals surface area contributed by atoms with Crippen LogP contribution < -0.4 is 25.0 Å². The molecule has 1 amide bonds. The maximum atomic E-state index is 13.9. The largest absolute Gasteiger partial charge is 0.493 e. The van der Waals surface area contributed by atoms with Gasteiger partial charge in [-0.2, -0.15) is 0 Å². The molecule has 3 atom stereocenters. The van der Waals surface area contributed by atoms with Crippen LogP contribution in [0, 0.1) is 25.6 Å². The van der Waals surface area contributed by atoms with E-state index in [0.29, 0.717) is 22.3 Å². The van der Waals surface area contributed by atoms with E-state index in [1.165, 1.54) is 12.1 Å². The van der Waals surface area contributed by atoms with E-state index >= 15 is 0 Å². The maximum Gasteiger partial charge on any atom is 0.236 e. The van der Waals surface area contributed by atoms with Crippen LogP contribution in [0.3, 0.4) is 0 Å². The molecule has 2 N–H and O–H groups in total. The second-order valence-corrected chi connectivity index (χ2v) is 9.45. The summed E-state index contributed by atoms with van der Waals surface area (Å²) >= 11 is 5.74. The number of rotatable bonds is 4. The highest BCUT2D eigenvalue weighted by Crippen LogP contribution is 2.52. The number of carbonyl (C=O) groups excluding carboxylic acids is 1. The van der Waals surface area contributed by atoms with Gasteiger partial charge < -0.3 is 20.1 Å². The van der Waals surface area contributed by atoms with E-state index in [0.717, 1.165) is 22.4 Å². The van der Waals surface area contributed by atoms with Gasteiger partial charge in [-0.05, 0) is 75.0 Å². The highest BCUT2D eigenvalue weighted by Gasteiger charge is 2.59. The quantitative estimate of drug-likeness (QED) is 0.486. The fourth-order valence-electron chi connectivity index (χ4n) is 5.07. The predicted octanol–water partition coefficient (Wildman–Crippen LogP) is 5.25. The van der Waals surface area contributed by atoms with Crippen molar-refractivity contribution in [1.29, 1.82) is 0 Å². The number of anilines is 2. The molecule has 1 saturated heterocycles. The molecule has 0 unspecified atom stereocenters. The Kier molecular flexibility index (Phi) is 5.63. The minimum atomic E-state index is -1.23. The van der Waals surface area contributed by atoms with Gasteiger partial charge in [-0.3, -0.25) is 9.69 Å². The molecule has 0 radical (unpaired) electrons. The minimum Gasteiger partial charge on any atom is -0.493 e. The number of amides is 1. The summed E-state index contributed by atoms with van der Waals surface area (Å²) in [6.07, 6.45) is 0. The molecule has 0 saturated carbocycles. The summed E-state index contributed by atoms with van der Waals surface area (Å²) in [7, 11) is 1.58. The molecule has 2 heterocycles. The molecule has 3 aromatic carbocycles. The summed E-state index contributed by atoms with van der Waals surface area (Å²) in [6.45, 7) is 5.80. The molecule has 2 aliphatic heterocycles. The molecule has 6 nitrogen and oxygen atoms in total. The Morgan fingerprint density at radius 3 is 2.60 bits per heavy atom. The molecular formula is C27H26FN3O3S. The number of aryl methyl sites for hydroxylation is 2. The van der Waals surface area contributed by atoms with Gasteiger partial charge in [0.05, 0.1) is 13.2 Å². The van der Waals surface area contributed by atoms with E-state index in [1.54, 1.807) is 24.1 Å². The zero-order valence-electron chi connectivity index (χ0n) is 19.9. The van der Waals surface area contributed by atoms with Gasteiger partial charge in [0.2, 0.25) is 5.91 Å². The fourth-order valence-corrected chi connectivity index (χ4v) is 5.49. The van der Waals surface area contributed by atoms with E-state index in [-0.39, 0.29) is 11.7 Å². The van der Waals surface area contributed by atoms with Crippen LogP contribution in [0.1, 0.15) is 29.7 Å². The van der Waals surface area contributed by atoms with Crippen LogP contribution in [-0.4, -0.2) is 23.9 Å². The lowest BCUT2D eigenvalue weighted by molar-refractivity contribution is -0.130. The third kappa shape index (κ3) is 3.78. The molecule has 3 aromatic rings. The van der Waals surface area contributed by atoms with Crippen LogP contribution >= 0.6 is 12.2 Å². The van der Waals surface area contributed by atoms with E-state index in [1.807, 2.05) is 57.2 Å². The average Bonchev–Trinajstić information content (AvgIpc) is 2.81. The first-order valence-corrected chi connectivity index (χ1v) is 11.7. The Morgan fingerprint density at radius 2 is 1.91 bits per heavy atom. The van der Waals surface area contributed by atoms with Crippen molar-refractivity contribution in [2.75, 3.05) is 17.3 Å². The topological polar surface area (TPSA) is 62.8 Å². The van der Waals surface area contributed by atoms with E-state index in [4.69, 9.17) is 21.7 Å². The lowest BCUT2D eigenvalue weighted by Gasteiger charge is -2.56. The second kappa shape index (κ2) is 8.53. The van der Waals surface area contributed by atoms with Crippen molar-refractivity contribution in [3.05, 3.63) is 83.2 Å². The summed E-state index contributed by atoms with van der Waals surface area (Å²) in [5.41, 5.74) is 2.97. The van der Waals surface area contributed by atoms with Crippen molar-refractivity contribution < 1.29 is 18.7 Å². The van der Waals surface area contributed by atoms with Crippen molar-refractivity contribution in [3.8, 4) is 11.5 Å². The Bertz CT molecular complexity index is 1330. The Hall–Kier alpha value is -3.65. The number of carbonyl (C=O) groups is 1. The van der Waals surface area contributed by atoms with Crippen molar-refractivity contribution >= 4 is 34.6 Å². The van der Waals surface area contributed by atoms with Gasteiger partial charge in [0.1, 0.15) is 11.7 Å². The van der Waals surface area contributed by atoms with Gasteiger partial charge >= 0.3 is 0 Å². The van der Waals surface area contributed by atoms with Crippen LogP contribution in [0.25, 0.3) is 0 Å². The number of thiocarbonyl (C=S) groups is 1. The zero-order chi connectivity index (χ0) is 24.9. The number of benzene rings is 3. The standard InChI is InChI=1S/C27H26FN3O3S/c1-15-8-13-20(16(2)14-15)29-25(32)22-23-19-6-5-7-21(33-4)24(19)34-27(22,3)31(26(35)30-23)18-11-9-17(28)10-12-18/h5-14,22-23H,1-4H3,(H,29,32)(H,30,35)/t22-,23+,27-/m0/s1. The summed E-state index contributed by atoms with van der Waals surface area (Å²) in [5, 5.41) is 6.83. The second-order valence-electron chi connectivity index (χ2n) is 9.06. The van der Waals surface area contributed by atoms with Crippen LogP contribution in [-0.2, 0) is 4.79 Å². The Morgan fingerprint density at radius 1 is 1.17 bits per heavy atom. The fraction of sp³-hybridized carbons (Fsp3) is 0.259. The Labute approximate surface area is 209 Å². The van der Waals surface area contributed by atoms with E-state index < -0.39 is 17.7 Å². The lowest BCUT2D eigenvalue weighted by Crippen LogP contribution is -2.72. The lowest BCUT2D eigenvalue weighted by atomic mass is 9.78. The van der Waals surface area contributed by atoms with Crippen LogP contribution in [0.2, 0.25) is 0 Å². The number of fused-ring (bicyclic) bond motifs is 4. The first kappa shape index (κ1) is 23.1. The molecule has 2 aliphatic rings. The monoisotopic (exact) mass is 491 g/mol. The molecule has 0 aromatic heterocycles. The third-order valence-corrected chi connectivity index (χ3v) is 7.02. The van der Waals surface area contributed by atoms with Crippen molar-refractivity contribution in [1.82, 2.24) is 5.32 Å². The smallest absolute Gasteiger partial charge is 0.236 e. The molecule has 8 heteroatoms. The molecule has 5 rings (SSSR count). The maximum absolute atomic E-state index is 13.9. The summed E-state index contributed by atoms with van der Waals surface area (Å²) in [5.74, 6) is -0.200. The predicted molar refractivity (Wildman–Crippen MR) is 137 cm³/mol. The molecule has 1 fully saturated rings. The number of hydrogen-bond acceptors (Lipinski definition) is 4. The van der Waals surface area contributed by atoms with E-state index in [9.17, 15) is 9.18 Å². The molecule has 2 bridgehead atoms. The SMILES string of the molecule is COc1cccc2c1O[C@@]1(C)[C@H](C(=O)Nc3ccc(C)cc3C)[C@@H]2NC(=S)N1c1ccc(F)cc1. The van der Waals surface area contributed by atoms with Gasteiger partial charge in [0.15, 0.2) is 22.3 Å². The normalized spacial score (nSPS) is 22.5. The van der Waals surface area contributed by atoms with Gasteiger partial charge in [0, 0.05) is 16.9 Å². The van der Waals surface area contributed by atoms with Crippen LogP contribution in [0.5, 0.6) is 11.5 Å². The highest BCUT2D eigenvalue weighted by molar-refractivity contribution is 7.80. The number of nitrogens with one attached hydrogen (secondary N) is 2. The molecule has 0 spiro atoms. The number of hydrogen-bond donors (Lipinski definition) is 2. The van der Waals surface area contributed by atoms with Crippen molar-refractivity contribution in [2.45, 2.75) is 32.5 Å². The molecule has 35 heavy (non-hydrogen) atoms. The number of ether oxygens (including phenoxy) is 2. The summed E-state index contributed by atoms with van der Waals surface area (Å²) < 4.78 is 25.9.